The topological polar surface area (TPSA) is 88.5 Å². The third kappa shape index (κ3) is 4.73. The maximum Gasteiger partial charge on any atom is 0.235 e. The molecule has 1 fully saturated rings. The van der Waals surface area contributed by atoms with E-state index in [0.29, 0.717) is 29.0 Å². The predicted molar refractivity (Wildman–Crippen MR) is 137 cm³/mol. The maximum atomic E-state index is 13.1. The van der Waals surface area contributed by atoms with Crippen molar-refractivity contribution in [3.8, 4) is 11.8 Å². The molecule has 176 valence electrons. The molecule has 1 aliphatic carbocycles. The van der Waals surface area contributed by atoms with Crippen LogP contribution in [0.2, 0.25) is 0 Å². The molecule has 1 N–H and O–H groups in total. The molecule has 0 bridgehead atoms. The zero-order valence-electron chi connectivity index (χ0n) is 19.7. The summed E-state index contributed by atoms with van der Waals surface area (Å²) in [4.78, 5) is 13.1. The molecule has 0 radical (unpaired) electrons. The minimum atomic E-state index is -0.186. The van der Waals surface area contributed by atoms with Crippen LogP contribution in [0.15, 0.2) is 65.8 Å². The van der Waals surface area contributed by atoms with E-state index >= 15 is 0 Å². The number of aromatic nitrogens is 4. The van der Waals surface area contributed by atoms with Crippen molar-refractivity contribution in [3.63, 3.8) is 0 Å². The van der Waals surface area contributed by atoms with Gasteiger partial charge in [-0.3, -0.25) is 9.36 Å². The quantitative estimate of drug-likeness (QED) is 0.348. The van der Waals surface area contributed by atoms with Crippen molar-refractivity contribution in [3.05, 3.63) is 88.9 Å². The van der Waals surface area contributed by atoms with Crippen LogP contribution in [-0.4, -0.2) is 31.0 Å². The number of nitrogens with zero attached hydrogens (tertiary/aromatic N) is 5. The standard InChI is InChI=1S/C27H26N6OS/c1-18-19(2)32(16-20-9-5-3-6-10-20)26(23(18)15-28)29-24(34)17-35-27-31-30-25(21-13-14-21)33(27)22-11-7-4-8-12-22/h3-12,21H,13-14,16-17H2,1-2H3,(H,29,34). The first-order valence-electron chi connectivity index (χ1n) is 11.6. The molecule has 4 aromatic rings. The van der Waals surface area contributed by atoms with Gasteiger partial charge < -0.3 is 9.88 Å². The summed E-state index contributed by atoms with van der Waals surface area (Å²) in [5.41, 5.74) is 4.44. The second-order valence-electron chi connectivity index (χ2n) is 8.74. The number of rotatable bonds is 8. The Morgan fingerprint density at radius 1 is 1.09 bits per heavy atom. The SMILES string of the molecule is Cc1c(C#N)c(NC(=O)CSc2nnc(C3CC3)n2-c2ccccc2)n(Cc2ccccc2)c1C. The monoisotopic (exact) mass is 482 g/mol. The second-order valence-corrected chi connectivity index (χ2v) is 9.68. The zero-order valence-corrected chi connectivity index (χ0v) is 20.5. The van der Waals surface area contributed by atoms with Gasteiger partial charge in [-0.05, 0) is 49.9 Å². The highest BCUT2D eigenvalue weighted by Crippen LogP contribution is 2.41. The number of carbonyl (C=O) groups excluding carboxylic acids is 1. The van der Waals surface area contributed by atoms with E-state index in [1.165, 1.54) is 11.8 Å². The van der Waals surface area contributed by atoms with Crippen molar-refractivity contribution in [2.24, 2.45) is 0 Å². The van der Waals surface area contributed by atoms with Gasteiger partial charge >= 0.3 is 0 Å². The molecule has 2 aromatic heterocycles. The number of anilines is 1. The van der Waals surface area contributed by atoms with Crippen LogP contribution >= 0.6 is 11.8 Å². The number of thioether (sulfide) groups is 1. The van der Waals surface area contributed by atoms with Gasteiger partial charge in [0.15, 0.2) is 5.16 Å². The van der Waals surface area contributed by atoms with E-state index in [1.54, 1.807) is 0 Å². The molecule has 8 heteroatoms. The fraction of sp³-hybridized carbons (Fsp3) is 0.259. The molecule has 1 amide bonds. The molecule has 0 aliphatic heterocycles. The van der Waals surface area contributed by atoms with E-state index in [9.17, 15) is 10.1 Å². The average Bonchev–Trinajstić information content (AvgIpc) is 3.60. The fourth-order valence-corrected chi connectivity index (χ4v) is 4.95. The summed E-state index contributed by atoms with van der Waals surface area (Å²) in [6.45, 7) is 4.47. The van der Waals surface area contributed by atoms with Gasteiger partial charge in [-0.15, -0.1) is 10.2 Å². The maximum absolute atomic E-state index is 13.1. The van der Waals surface area contributed by atoms with Crippen molar-refractivity contribution in [1.82, 2.24) is 19.3 Å². The highest BCUT2D eigenvalue weighted by molar-refractivity contribution is 7.99. The summed E-state index contributed by atoms with van der Waals surface area (Å²) in [5, 5.41) is 22.3. The molecule has 2 aromatic carbocycles. The van der Waals surface area contributed by atoms with Crippen molar-refractivity contribution in [2.75, 3.05) is 11.1 Å². The largest absolute Gasteiger partial charge is 0.326 e. The molecule has 0 saturated heterocycles. The van der Waals surface area contributed by atoms with Gasteiger partial charge in [0.2, 0.25) is 5.91 Å². The molecule has 35 heavy (non-hydrogen) atoms. The van der Waals surface area contributed by atoms with E-state index in [1.807, 2.05) is 79.1 Å². The number of amides is 1. The van der Waals surface area contributed by atoms with Gasteiger partial charge in [0.05, 0.1) is 11.3 Å². The number of carbonyl (C=O) groups is 1. The van der Waals surface area contributed by atoms with Gasteiger partial charge in [0.25, 0.3) is 0 Å². The van der Waals surface area contributed by atoms with Crippen LogP contribution in [0, 0.1) is 25.2 Å². The summed E-state index contributed by atoms with van der Waals surface area (Å²) in [6.07, 6.45) is 2.23. The molecule has 5 rings (SSSR count). The number of benzene rings is 2. The first kappa shape index (κ1) is 22.9. The highest BCUT2D eigenvalue weighted by atomic mass is 32.2. The van der Waals surface area contributed by atoms with E-state index in [4.69, 9.17) is 0 Å². The third-order valence-corrected chi connectivity index (χ3v) is 7.26. The number of para-hydroxylation sites is 1. The molecule has 1 aliphatic rings. The van der Waals surface area contributed by atoms with E-state index < -0.39 is 0 Å². The Morgan fingerprint density at radius 2 is 1.77 bits per heavy atom. The Labute approximate surface area is 208 Å². The summed E-state index contributed by atoms with van der Waals surface area (Å²) < 4.78 is 4.06. The fourth-order valence-electron chi connectivity index (χ4n) is 4.19. The lowest BCUT2D eigenvalue weighted by molar-refractivity contribution is -0.113. The summed E-state index contributed by atoms with van der Waals surface area (Å²) >= 11 is 1.35. The first-order chi connectivity index (χ1) is 17.1. The minimum absolute atomic E-state index is 0.162. The minimum Gasteiger partial charge on any atom is -0.326 e. The van der Waals surface area contributed by atoms with Crippen LogP contribution in [-0.2, 0) is 11.3 Å². The molecular formula is C27H26N6OS. The van der Waals surface area contributed by atoms with Gasteiger partial charge in [-0.2, -0.15) is 5.26 Å². The second kappa shape index (κ2) is 9.80. The lowest BCUT2D eigenvalue weighted by Gasteiger charge is -2.13. The summed E-state index contributed by atoms with van der Waals surface area (Å²) in [7, 11) is 0. The molecule has 7 nitrogen and oxygen atoms in total. The molecule has 2 heterocycles. The number of hydrogen-bond acceptors (Lipinski definition) is 5. The van der Waals surface area contributed by atoms with Crippen molar-refractivity contribution >= 4 is 23.5 Å². The van der Waals surface area contributed by atoms with Crippen molar-refractivity contribution < 1.29 is 4.79 Å². The number of hydrogen-bond donors (Lipinski definition) is 1. The van der Waals surface area contributed by atoms with Gasteiger partial charge in [-0.25, -0.2) is 0 Å². The lowest BCUT2D eigenvalue weighted by Crippen LogP contribution is -2.19. The van der Waals surface area contributed by atoms with Crippen LogP contribution in [0.4, 0.5) is 5.82 Å². The van der Waals surface area contributed by atoms with Gasteiger partial charge in [0, 0.05) is 23.8 Å². The van der Waals surface area contributed by atoms with Crippen LogP contribution in [0.3, 0.4) is 0 Å². The Hall–Kier alpha value is -3.83. The predicted octanol–water partition coefficient (Wildman–Crippen LogP) is 5.21. The average molecular weight is 483 g/mol. The summed E-state index contributed by atoms with van der Waals surface area (Å²) in [6, 6.07) is 22.3. The van der Waals surface area contributed by atoms with Crippen LogP contribution < -0.4 is 5.32 Å². The number of nitriles is 1. The van der Waals surface area contributed by atoms with E-state index in [2.05, 4.69) is 26.2 Å². The van der Waals surface area contributed by atoms with Gasteiger partial charge in [-0.1, -0.05) is 60.3 Å². The molecule has 0 atom stereocenters. The Bertz CT molecular complexity index is 1400. The van der Waals surface area contributed by atoms with Crippen LogP contribution in [0.1, 0.15) is 47.0 Å². The Balaban J connectivity index is 1.37. The van der Waals surface area contributed by atoms with Crippen molar-refractivity contribution in [2.45, 2.75) is 44.3 Å². The molecule has 1 saturated carbocycles. The molecular weight excluding hydrogens is 456 g/mol. The first-order valence-corrected chi connectivity index (χ1v) is 12.6. The Morgan fingerprint density at radius 3 is 2.43 bits per heavy atom. The molecule has 0 unspecified atom stereocenters. The van der Waals surface area contributed by atoms with Crippen LogP contribution in [0.5, 0.6) is 0 Å². The third-order valence-electron chi connectivity index (χ3n) is 6.33. The summed E-state index contributed by atoms with van der Waals surface area (Å²) in [5.74, 6) is 1.90. The molecule has 0 spiro atoms. The van der Waals surface area contributed by atoms with E-state index in [0.717, 1.165) is 41.2 Å². The highest BCUT2D eigenvalue weighted by Gasteiger charge is 2.31. The van der Waals surface area contributed by atoms with E-state index in [-0.39, 0.29) is 11.7 Å². The normalized spacial score (nSPS) is 12.9. The van der Waals surface area contributed by atoms with Gasteiger partial charge in [0.1, 0.15) is 17.7 Å². The number of nitrogens with one attached hydrogen (secondary N) is 1. The zero-order chi connectivity index (χ0) is 24.4. The Kier molecular flexibility index (Phi) is 6.43. The lowest BCUT2D eigenvalue weighted by atomic mass is 10.2. The van der Waals surface area contributed by atoms with Crippen molar-refractivity contribution in [1.29, 1.82) is 5.26 Å². The smallest absolute Gasteiger partial charge is 0.235 e. The van der Waals surface area contributed by atoms with Crippen LogP contribution in [0.25, 0.3) is 5.69 Å².